The zero-order chi connectivity index (χ0) is 13.7. The maximum Gasteiger partial charge on any atom is 0.144 e. The Balaban J connectivity index is 2.24. The first-order valence-corrected chi connectivity index (χ1v) is 7.87. The maximum atomic E-state index is 6.22. The molecule has 19 heavy (non-hydrogen) atoms. The van der Waals surface area contributed by atoms with Gasteiger partial charge in [-0.2, -0.15) is 0 Å². The number of nitrogens with one attached hydrogen (secondary N) is 1. The molecule has 0 amide bonds. The molecule has 0 spiro atoms. The average Bonchev–Trinajstić information content (AvgIpc) is 2.67. The quantitative estimate of drug-likeness (QED) is 0.280. The third-order valence-electron chi connectivity index (χ3n) is 3.46. The number of nitrogens with zero attached hydrogens (tertiary/aromatic N) is 1. The summed E-state index contributed by atoms with van der Waals surface area (Å²) in [6.45, 7) is 0. The summed E-state index contributed by atoms with van der Waals surface area (Å²) in [7, 11) is 0. The van der Waals surface area contributed by atoms with Crippen LogP contribution in [0.5, 0.6) is 0 Å². The van der Waals surface area contributed by atoms with Gasteiger partial charge in [0.1, 0.15) is 5.84 Å². The van der Waals surface area contributed by atoms with Crippen LogP contribution >= 0.6 is 27.5 Å². The van der Waals surface area contributed by atoms with Gasteiger partial charge in [-0.15, -0.1) is 0 Å². The fourth-order valence-electron chi connectivity index (χ4n) is 2.43. The molecular weight excluding hydrogens is 326 g/mol. The van der Waals surface area contributed by atoms with Gasteiger partial charge in [0, 0.05) is 10.0 Å². The summed E-state index contributed by atoms with van der Waals surface area (Å²) in [4.78, 5) is 4.76. The number of aliphatic imine (C=N–C) groups is 1. The Morgan fingerprint density at radius 2 is 1.95 bits per heavy atom. The highest BCUT2D eigenvalue weighted by molar-refractivity contribution is 9.10. The molecule has 3 nitrogen and oxygen atoms in total. The molecule has 1 aromatic rings. The SMILES string of the molecule is NNC(=NC1CCCCCC1)c1cc(Br)ccc1Cl. The van der Waals surface area contributed by atoms with Crippen LogP contribution in [0, 0.1) is 0 Å². The molecule has 5 heteroatoms. The minimum Gasteiger partial charge on any atom is -0.308 e. The molecule has 1 saturated carbocycles. The van der Waals surface area contributed by atoms with E-state index in [0.29, 0.717) is 16.9 Å². The van der Waals surface area contributed by atoms with E-state index < -0.39 is 0 Å². The predicted octanol–water partition coefficient (Wildman–Crippen LogP) is 4.04. The lowest BCUT2D eigenvalue weighted by molar-refractivity contribution is 0.583. The van der Waals surface area contributed by atoms with E-state index in [9.17, 15) is 0 Å². The van der Waals surface area contributed by atoms with Gasteiger partial charge in [-0.05, 0) is 31.0 Å². The number of hydrogen-bond donors (Lipinski definition) is 2. The van der Waals surface area contributed by atoms with Gasteiger partial charge in [0.15, 0.2) is 0 Å². The lowest BCUT2D eigenvalue weighted by Crippen LogP contribution is -2.32. The molecule has 0 aliphatic heterocycles. The van der Waals surface area contributed by atoms with Gasteiger partial charge in [-0.25, -0.2) is 5.84 Å². The Morgan fingerprint density at radius 3 is 2.58 bits per heavy atom. The monoisotopic (exact) mass is 343 g/mol. The van der Waals surface area contributed by atoms with E-state index >= 15 is 0 Å². The summed E-state index contributed by atoms with van der Waals surface area (Å²) in [6, 6.07) is 6.05. The number of hydrazine groups is 1. The van der Waals surface area contributed by atoms with Gasteiger partial charge in [0.05, 0.1) is 11.1 Å². The minimum absolute atomic E-state index is 0.351. The first-order valence-electron chi connectivity index (χ1n) is 6.70. The molecule has 0 bridgehead atoms. The van der Waals surface area contributed by atoms with Crippen LogP contribution in [-0.4, -0.2) is 11.9 Å². The molecule has 3 N–H and O–H groups in total. The van der Waals surface area contributed by atoms with E-state index in [4.69, 9.17) is 22.4 Å². The number of nitrogens with two attached hydrogens (primary N) is 1. The molecule has 0 saturated heterocycles. The number of amidine groups is 1. The molecule has 1 aliphatic rings. The zero-order valence-corrected chi connectivity index (χ0v) is 13.2. The molecule has 104 valence electrons. The van der Waals surface area contributed by atoms with Crippen molar-refractivity contribution in [2.75, 3.05) is 0 Å². The van der Waals surface area contributed by atoms with Crippen molar-refractivity contribution >= 4 is 33.4 Å². The van der Waals surface area contributed by atoms with Crippen LogP contribution in [0.15, 0.2) is 27.7 Å². The summed E-state index contributed by atoms with van der Waals surface area (Å²) in [5, 5.41) is 0.661. The van der Waals surface area contributed by atoms with Crippen LogP contribution in [-0.2, 0) is 0 Å². The summed E-state index contributed by atoms with van der Waals surface area (Å²) in [6.07, 6.45) is 7.40. The average molecular weight is 345 g/mol. The molecule has 2 rings (SSSR count). The third-order valence-corrected chi connectivity index (χ3v) is 4.28. The summed E-state index contributed by atoms with van der Waals surface area (Å²) in [5.74, 6) is 6.30. The number of halogens is 2. The van der Waals surface area contributed by atoms with Crippen molar-refractivity contribution in [3.8, 4) is 0 Å². The van der Waals surface area contributed by atoms with Crippen molar-refractivity contribution in [1.82, 2.24) is 5.43 Å². The second-order valence-corrected chi connectivity index (χ2v) is 6.21. The molecular formula is C14H19BrClN3. The van der Waals surface area contributed by atoms with E-state index in [1.54, 1.807) is 0 Å². The third kappa shape index (κ3) is 4.20. The highest BCUT2D eigenvalue weighted by Crippen LogP contribution is 2.24. The van der Waals surface area contributed by atoms with Crippen molar-refractivity contribution in [2.45, 2.75) is 44.6 Å². The molecule has 0 atom stereocenters. The molecule has 0 radical (unpaired) electrons. The first-order chi connectivity index (χ1) is 9.20. The Hall–Kier alpha value is -0.580. The Labute approximate surface area is 127 Å². The maximum absolute atomic E-state index is 6.22. The van der Waals surface area contributed by atoms with Crippen molar-refractivity contribution in [1.29, 1.82) is 0 Å². The van der Waals surface area contributed by atoms with Gasteiger partial charge in [-0.1, -0.05) is 53.2 Å². The highest BCUT2D eigenvalue weighted by atomic mass is 79.9. The van der Waals surface area contributed by atoms with E-state index in [1.165, 1.54) is 25.7 Å². The standard InChI is InChI=1S/C14H19BrClN3/c15-10-7-8-13(16)12(9-10)14(19-17)18-11-5-3-1-2-4-6-11/h7-9,11H,1-6,17H2,(H,18,19). The lowest BCUT2D eigenvalue weighted by Gasteiger charge is -2.14. The molecule has 1 aromatic carbocycles. The number of rotatable bonds is 2. The Morgan fingerprint density at radius 1 is 1.26 bits per heavy atom. The summed E-state index contributed by atoms with van der Waals surface area (Å²) < 4.78 is 0.968. The van der Waals surface area contributed by atoms with Crippen molar-refractivity contribution in [3.05, 3.63) is 33.3 Å². The Bertz CT molecular complexity index is 454. The van der Waals surface area contributed by atoms with Crippen molar-refractivity contribution < 1.29 is 0 Å². The minimum atomic E-state index is 0.351. The van der Waals surface area contributed by atoms with Crippen LogP contribution in [0.25, 0.3) is 0 Å². The van der Waals surface area contributed by atoms with E-state index in [-0.39, 0.29) is 0 Å². The lowest BCUT2D eigenvalue weighted by atomic mass is 10.1. The Kier molecular flexibility index (Phi) is 5.67. The molecule has 1 fully saturated rings. The van der Waals surface area contributed by atoms with Gasteiger partial charge in [-0.3, -0.25) is 4.99 Å². The number of hydrogen-bond acceptors (Lipinski definition) is 2. The smallest absolute Gasteiger partial charge is 0.144 e. The summed E-state index contributed by atoms with van der Waals surface area (Å²) in [5.41, 5.74) is 3.55. The van der Waals surface area contributed by atoms with Crippen molar-refractivity contribution in [3.63, 3.8) is 0 Å². The van der Waals surface area contributed by atoms with Crippen molar-refractivity contribution in [2.24, 2.45) is 10.8 Å². The molecule has 0 unspecified atom stereocenters. The van der Waals surface area contributed by atoms with Gasteiger partial charge >= 0.3 is 0 Å². The number of benzene rings is 1. The van der Waals surface area contributed by atoms with Crippen LogP contribution in [0.1, 0.15) is 44.1 Å². The van der Waals surface area contributed by atoms with Crippen LogP contribution in [0.2, 0.25) is 5.02 Å². The van der Waals surface area contributed by atoms with E-state index in [2.05, 4.69) is 21.4 Å². The molecule has 0 heterocycles. The fraction of sp³-hybridized carbons (Fsp3) is 0.500. The largest absolute Gasteiger partial charge is 0.308 e. The normalized spacial score (nSPS) is 18.2. The van der Waals surface area contributed by atoms with Crippen LogP contribution in [0.3, 0.4) is 0 Å². The van der Waals surface area contributed by atoms with E-state index in [1.807, 2.05) is 18.2 Å². The van der Waals surface area contributed by atoms with Crippen LogP contribution in [0.4, 0.5) is 0 Å². The zero-order valence-electron chi connectivity index (χ0n) is 10.8. The fourth-order valence-corrected chi connectivity index (χ4v) is 3.00. The first kappa shape index (κ1) is 14.8. The highest BCUT2D eigenvalue weighted by Gasteiger charge is 2.14. The molecule has 0 aromatic heterocycles. The second kappa shape index (κ2) is 7.27. The summed E-state index contributed by atoms with van der Waals surface area (Å²) >= 11 is 9.67. The second-order valence-electron chi connectivity index (χ2n) is 4.89. The van der Waals surface area contributed by atoms with E-state index in [0.717, 1.165) is 22.9 Å². The van der Waals surface area contributed by atoms with Gasteiger partial charge in [0.2, 0.25) is 0 Å². The van der Waals surface area contributed by atoms with Gasteiger partial charge in [0.25, 0.3) is 0 Å². The predicted molar refractivity (Wildman–Crippen MR) is 84.5 cm³/mol. The van der Waals surface area contributed by atoms with Crippen LogP contribution < -0.4 is 11.3 Å². The van der Waals surface area contributed by atoms with Gasteiger partial charge < -0.3 is 5.43 Å². The molecule has 1 aliphatic carbocycles. The topological polar surface area (TPSA) is 50.4 Å².